The number of rotatable bonds is 3. The first-order valence-electron chi connectivity index (χ1n) is 9.16. The molecule has 0 bridgehead atoms. The summed E-state index contributed by atoms with van der Waals surface area (Å²) in [6, 6.07) is 19.7. The first-order valence-corrected chi connectivity index (χ1v) is 11.9. The molecule has 144 valence electrons. The van der Waals surface area contributed by atoms with Crippen molar-refractivity contribution in [3.05, 3.63) is 75.4 Å². The molecule has 0 spiro atoms. The van der Waals surface area contributed by atoms with E-state index in [9.17, 15) is 4.57 Å². The Balaban J connectivity index is 1.97. The van der Waals surface area contributed by atoms with Crippen LogP contribution in [-0.2, 0) is 4.57 Å². The molecule has 3 nitrogen and oxygen atoms in total. The molecule has 4 rings (SSSR count). The Bertz CT molecular complexity index is 1040. The van der Waals surface area contributed by atoms with Crippen molar-refractivity contribution in [1.29, 1.82) is 0 Å². The molecule has 5 heteroatoms. The van der Waals surface area contributed by atoms with E-state index in [4.69, 9.17) is 9.47 Å². The van der Waals surface area contributed by atoms with Gasteiger partial charge in [0.1, 0.15) is 0 Å². The predicted molar refractivity (Wildman–Crippen MR) is 123 cm³/mol. The van der Waals surface area contributed by atoms with Crippen LogP contribution in [-0.4, -0.2) is 5.79 Å². The number of halogens is 1. The zero-order valence-electron chi connectivity index (χ0n) is 16.3. The van der Waals surface area contributed by atoms with E-state index in [-0.39, 0.29) is 0 Å². The Hall–Kier alpha value is -1.78. The van der Waals surface area contributed by atoms with E-state index in [1.165, 1.54) is 0 Å². The number of hydrogen-bond acceptors (Lipinski definition) is 3. The molecular formula is C23H22IO3P. The zero-order valence-corrected chi connectivity index (χ0v) is 19.4. The molecule has 0 aromatic heterocycles. The average molecular weight is 504 g/mol. The number of benzene rings is 3. The van der Waals surface area contributed by atoms with E-state index in [2.05, 4.69) is 22.6 Å². The Labute approximate surface area is 179 Å². The Morgan fingerprint density at radius 1 is 0.786 bits per heavy atom. The Kier molecular flexibility index (Phi) is 4.83. The van der Waals surface area contributed by atoms with E-state index in [1.54, 1.807) is 0 Å². The van der Waals surface area contributed by atoms with Crippen molar-refractivity contribution in [3.63, 3.8) is 0 Å². The van der Waals surface area contributed by atoms with E-state index in [1.807, 2.05) is 88.4 Å². The molecule has 0 fully saturated rings. The van der Waals surface area contributed by atoms with Crippen molar-refractivity contribution >= 4 is 45.6 Å². The largest absolute Gasteiger partial charge is 0.449 e. The Morgan fingerprint density at radius 2 is 1.29 bits per heavy atom. The van der Waals surface area contributed by atoms with Crippen LogP contribution in [0.4, 0.5) is 0 Å². The fourth-order valence-corrected chi connectivity index (χ4v) is 7.64. The molecule has 0 radical (unpaired) electrons. The third-order valence-electron chi connectivity index (χ3n) is 4.88. The maximum atomic E-state index is 14.7. The highest BCUT2D eigenvalue weighted by atomic mass is 127. The van der Waals surface area contributed by atoms with Gasteiger partial charge >= 0.3 is 0 Å². The summed E-state index contributed by atoms with van der Waals surface area (Å²) >= 11 is 2.24. The first-order chi connectivity index (χ1) is 13.2. The fraction of sp³-hybridized carbons (Fsp3) is 0.217. The van der Waals surface area contributed by atoms with Crippen LogP contribution >= 0.6 is 29.7 Å². The predicted octanol–water partition coefficient (Wildman–Crippen LogP) is 5.05. The molecule has 28 heavy (non-hydrogen) atoms. The van der Waals surface area contributed by atoms with Crippen LogP contribution in [0.1, 0.15) is 25.0 Å². The second kappa shape index (κ2) is 6.93. The molecule has 3 aromatic carbocycles. The van der Waals surface area contributed by atoms with Gasteiger partial charge in [0.2, 0.25) is 5.79 Å². The lowest BCUT2D eigenvalue weighted by Gasteiger charge is -2.22. The standard InChI is InChI=1S/C23H22IO3P/c1-15-5-9-17(10-6-15)28(25,18-11-7-16(2)8-12-18)20-14-13-19-22(21(20)24)27-23(3,4)26-19/h5-14H,1-4H3. The lowest BCUT2D eigenvalue weighted by Crippen LogP contribution is -2.30. The summed E-state index contributed by atoms with van der Waals surface area (Å²) in [6.45, 7) is 7.82. The number of ether oxygens (including phenoxy) is 2. The monoisotopic (exact) mass is 504 g/mol. The molecule has 0 atom stereocenters. The van der Waals surface area contributed by atoms with Gasteiger partial charge in [-0.2, -0.15) is 0 Å². The van der Waals surface area contributed by atoms with E-state index in [0.29, 0.717) is 11.5 Å². The molecule has 1 aliphatic rings. The molecular weight excluding hydrogens is 482 g/mol. The minimum atomic E-state index is -3.07. The summed E-state index contributed by atoms with van der Waals surface area (Å²) in [5.41, 5.74) is 2.28. The summed E-state index contributed by atoms with van der Waals surface area (Å²) in [6.07, 6.45) is 0. The van der Waals surface area contributed by atoms with Crippen LogP contribution in [0.2, 0.25) is 0 Å². The third-order valence-corrected chi connectivity index (χ3v) is 9.48. The summed E-state index contributed by atoms with van der Waals surface area (Å²) < 4.78 is 27.4. The fourth-order valence-electron chi connectivity index (χ4n) is 3.41. The van der Waals surface area contributed by atoms with Crippen molar-refractivity contribution in [2.75, 3.05) is 0 Å². The van der Waals surface area contributed by atoms with Crippen LogP contribution in [0.25, 0.3) is 0 Å². The van der Waals surface area contributed by atoms with Crippen molar-refractivity contribution in [3.8, 4) is 11.5 Å². The second-order valence-electron chi connectivity index (χ2n) is 7.61. The lowest BCUT2D eigenvalue weighted by molar-refractivity contribution is -0.0434. The highest BCUT2D eigenvalue weighted by Crippen LogP contribution is 2.49. The van der Waals surface area contributed by atoms with Crippen LogP contribution in [0.5, 0.6) is 11.5 Å². The number of fused-ring (bicyclic) bond motifs is 1. The minimum absolute atomic E-state index is 0.669. The summed E-state index contributed by atoms with van der Waals surface area (Å²) in [7, 11) is -3.07. The smallest absolute Gasteiger partial charge is 0.246 e. The van der Waals surface area contributed by atoms with Gasteiger partial charge in [-0.05, 0) is 48.6 Å². The second-order valence-corrected chi connectivity index (χ2v) is 11.4. The molecule has 0 saturated carbocycles. The van der Waals surface area contributed by atoms with Gasteiger partial charge in [0.05, 0.1) is 3.57 Å². The van der Waals surface area contributed by atoms with E-state index >= 15 is 0 Å². The molecule has 0 unspecified atom stereocenters. The topological polar surface area (TPSA) is 35.5 Å². The maximum absolute atomic E-state index is 14.7. The summed E-state index contributed by atoms with van der Waals surface area (Å²) in [5.74, 6) is 0.638. The van der Waals surface area contributed by atoms with E-state index in [0.717, 1.165) is 30.6 Å². The van der Waals surface area contributed by atoms with Gasteiger partial charge in [0, 0.05) is 29.8 Å². The summed E-state index contributed by atoms with van der Waals surface area (Å²) in [4.78, 5) is 0. The third kappa shape index (κ3) is 3.27. The highest BCUT2D eigenvalue weighted by molar-refractivity contribution is 14.1. The molecule has 3 aromatic rings. The number of hydrogen-bond donors (Lipinski definition) is 0. The molecule has 0 saturated heterocycles. The first kappa shape index (κ1) is 19.5. The van der Waals surface area contributed by atoms with Crippen LogP contribution in [0, 0.1) is 17.4 Å². The number of aryl methyl sites for hydroxylation is 2. The minimum Gasteiger partial charge on any atom is -0.449 e. The van der Waals surface area contributed by atoms with E-state index < -0.39 is 12.9 Å². The highest BCUT2D eigenvalue weighted by Gasteiger charge is 2.38. The SMILES string of the molecule is Cc1ccc(P(=O)(c2ccc(C)cc2)c2ccc3c(c2I)OC(C)(C)O3)cc1. The normalized spacial score (nSPS) is 14.9. The van der Waals surface area contributed by atoms with Crippen LogP contribution < -0.4 is 25.4 Å². The summed E-state index contributed by atoms with van der Waals surface area (Å²) in [5, 5.41) is 2.41. The van der Waals surface area contributed by atoms with Gasteiger partial charge in [-0.25, -0.2) is 0 Å². The van der Waals surface area contributed by atoms with Crippen molar-refractivity contribution in [1.82, 2.24) is 0 Å². The average Bonchev–Trinajstić information content (AvgIpc) is 2.98. The van der Waals surface area contributed by atoms with Gasteiger partial charge < -0.3 is 14.0 Å². The van der Waals surface area contributed by atoms with Gasteiger partial charge in [-0.3, -0.25) is 0 Å². The quantitative estimate of drug-likeness (QED) is 0.370. The lowest BCUT2D eigenvalue weighted by atomic mass is 10.2. The van der Waals surface area contributed by atoms with Crippen molar-refractivity contribution in [2.45, 2.75) is 33.5 Å². The van der Waals surface area contributed by atoms with Crippen molar-refractivity contribution < 1.29 is 14.0 Å². The van der Waals surface area contributed by atoms with Gasteiger partial charge in [0.25, 0.3) is 0 Å². The Morgan fingerprint density at radius 3 is 1.79 bits per heavy atom. The molecule has 0 aliphatic carbocycles. The van der Waals surface area contributed by atoms with Crippen LogP contribution in [0.3, 0.4) is 0 Å². The molecule has 1 aliphatic heterocycles. The van der Waals surface area contributed by atoms with Crippen LogP contribution in [0.15, 0.2) is 60.7 Å². The maximum Gasteiger partial charge on any atom is 0.246 e. The zero-order chi connectivity index (χ0) is 20.1. The van der Waals surface area contributed by atoms with Gasteiger partial charge in [0.15, 0.2) is 18.6 Å². The molecule has 1 heterocycles. The molecule has 0 amide bonds. The van der Waals surface area contributed by atoms with Gasteiger partial charge in [-0.1, -0.05) is 59.7 Å². The van der Waals surface area contributed by atoms with Gasteiger partial charge in [-0.15, -0.1) is 0 Å². The molecule has 0 N–H and O–H groups in total. The van der Waals surface area contributed by atoms with Crippen molar-refractivity contribution in [2.24, 2.45) is 0 Å².